The van der Waals surface area contributed by atoms with Crippen LogP contribution in [0.3, 0.4) is 0 Å². The van der Waals surface area contributed by atoms with E-state index in [-0.39, 0.29) is 11.1 Å². The second kappa shape index (κ2) is 6.64. The topological polar surface area (TPSA) is 90.8 Å². The Morgan fingerprint density at radius 3 is 2.59 bits per heavy atom. The largest absolute Gasteiger partial charge is 0.342 e. The highest BCUT2D eigenvalue weighted by molar-refractivity contribution is 5.74. The third kappa shape index (κ3) is 3.24. The lowest BCUT2D eigenvalue weighted by atomic mass is 9.97. The van der Waals surface area contributed by atoms with Crippen molar-refractivity contribution in [1.82, 2.24) is 29.1 Å². The summed E-state index contributed by atoms with van der Waals surface area (Å²) in [5.74, 6) is 1.03. The van der Waals surface area contributed by atoms with Gasteiger partial charge in [-0.2, -0.15) is 15.2 Å². The van der Waals surface area contributed by atoms with Gasteiger partial charge in [-0.1, -0.05) is 0 Å². The van der Waals surface area contributed by atoms with Gasteiger partial charge in [0.2, 0.25) is 5.95 Å². The molecule has 0 aliphatic carbocycles. The van der Waals surface area contributed by atoms with Crippen LogP contribution in [0.25, 0.3) is 11.0 Å². The summed E-state index contributed by atoms with van der Waals surface area (Å²) in [5.41, 5.74) is 1.18. The number of aryl methyl sites for hydroxylation is 2. The maximum absolute atomic E-state index is 12.6. The Morgan fingerprint density at radius 1 is 1.11 bits per heavy atom. The molecule has 3 aromatic rings. The summed E-state index contributed by atoms with van der Waals surface area (Å²) in [7, 11) is 3.53. The third-order valence-corrected chi connectivity index (χ3v) is 5.18. The van der Waals surface area contributed by atoms with Crippen LogP contribution >= 0.6 is 0 Å². The van der Waals surface area contributed by atoms with Gasteiger partial charge in [-0.05, 0) is 31.7 Å². The number of hydrogen-bond acceptors (Lipinski definition) is 6. The van der Waals surface area contributed by atoms with Crippen molar-refractivity contribution in [2.45, 2.75) is 26.3 Å². The zero-order valence-electron chi connectivity index (χ0n) is 15.8. The van der Waals surface area contributed by atoms with E-state index in [9.17, 15) is 9.59 Å². The van der Waals surface area contributed by atoms with Crippen LogP contribution < -0.4 is 16.0 Å². The fourth-order valence-electron chi connectivity index (χ4n) is 3.68. The minimum atomic E-state index is -0.0827. The molecule has 0 spiro atoms. The first-order valence-electron chi connectivity index (χ1n) is 9.12. The number of nitrogens with zero attached hydrogens (tertiary/aromatic N) is 7. The van der Waals surface area contributed by atoms with Crippen LogP contribution in [0.15, 0.2) is 27.9 Å². The summed E-state index contributed by atoms with van der Waals surface area (Å²) in [4.78, 5) is 31.3. The predicted molar refractivity (Wildman–Crippen MR) is 102 cm³/mol. The van der Waals surface area contributed by atoms with Crippen molar-refractivity contribution in [3.05, 3.63) is 44.7 Å². The summed E-state index contributed by atoms with van der Waals surface area (Å²) in [6, 6.07) is 3.31. The standard InChI is InChI=1S/C18H23N7O2/c1-12-4-5-15(26)25(20-12)10-13-6-8-24(9-7-13)18-19-16-14(11-22(2)21-16)17(27)23(18)3/h4-5,11,13H,6-10H2,1-3H3. The zero-order chi connectivity index (χ0) is 19.1. The summed E-state index contributed by atoms with van der Waals surface area (Å²) in [6.45, 7) is 4.08. The van der Waals surface area contributed by atoms with E-state index < -0.39 is 0 Å². The first kappa shape index (κ1) is 17.4. The lowest BCUT2D eigenvalue weighted by Gasteiger charge is -2.33. The lowest BCUT2D eigenvalue weighted by molar-refractivity contribution is 0.331. The molecule has 1 aliphatic heterocycles. The molecule has 0 bridgehead atoms. The molecule has 0 amide bonds. The Balaban J connectivity index is 1.52. The van der Waals surface area contributed by atoms with E-state index in [1.807, 2.05) is 6.92 Å². The number of fused-ring (bicyclic) bond motifs is 1. The maximum atomic E-state index is 12.6. The highest BCUT2D eigenvalue weighted by Gasteiger charge is 2.24. The third-order valence-electron chi connectivity index (χ3n) is 5.18. The fourth-order valence-corrected chi connectivity index (χ4v) is 3.68. The molecule has 142 valence electrons. The van der Waals surface area contributed by atoms with Crippen molar-refractivity contribution in [1.29, 1.82) is 0 Å². The quantitative estimate of drug-likeness (QED) is 0.666. The van der Waals surface area contributed by atoms with Crippen molar-refractivity contribution >= 4 is 17.0 Å². The normalized spacial score (nSPS) is 15.6. The fraction of sp³-hybridized carbons (Fsp3) is 0.500. The van der Waals surface area contributed by atoms with E-state index in [4.69, 9.17) is 0 Å². The summed E-state index contributed by atoms with van der Waals surface area (Å²) >= 11 is 0. The first-order chi connectivity index (χ1) is 12.9. The molecule has 0 atom stereocenters. The van der Waals surface area contributed by atoms with Crippen molar-refractivity contribution in [2.24, 2.45) is 20.0 Å². The Labute approximate surface area is 155 Å². The summed E-state index contributed by atoms with van der Waals surface area (Å²) < 4.78 is 4.77. The number of hydrogen-bond donors (Lipinski definition) is 0. The van der Waals surface area contributed by atoms with E-state index in [1.165, 1.54) is 0 Å². The molecule has 1 saturated heterocycles. The van der Waals surface area contributed by atoms with Gasteiger partial charge < -0.3 is 4.90 Å². The van der Waals surface area contributed by atoms with Crippen LogP contribution in [-0.2, 0) is 20.6 Å². The highest BCUT2D eigenvalue weighted by atomic mass is 16.1. The van der Waals surface area contributed by atoms with Gasteiger partial charge in [0, 0.05) is 46.0 Å². The summed E-state index contributed by atoms with van der Waals surface area (Å²) in [5, 5.41) is 9.14. The van der Waals surface area contributed by atoms with E-state index in [0.29, 0.717) is 29.4 Å². The molecule has 4 rings (SSSR count). The Kier molecular flexibility index (Phi) is 4.29. The molecule has 0 aromatic carbocycles. The number of piperidine rings is 1. The van der Waals surface area contributed by atoms with Crippen molar-refractivity contribution in [2.75, 3.05) is 18.0 Å². The van der Waals surface area contributed by atoms with Gasteiger partial charge in [0.05, 0.1) is 5.69 Å². The Morgan fingerprint density at radius 2 is 1.85 bits per heavy atom. The number of anilines is 1. The minimum absolute atomic E-state index is 0.0623. The molecule has 27 heavy (non-hydrogen) atoms. The van der Waals surface area contributed by atoms with E-state index in [0.717, 1.165) is 31.6 Å². The Bertz CT molecular complexity index is 1100. The van der Waals surface area contributed by atoms with E-state index in [1.54, 1.807) is 46.4 Å². The SMILES string of the molecule is Cc1ccc(=O)n(CC2CCN(c3nc4nn(C)cc4c(=O)n3C)CC2)n1. The molecule has 1 aliphatic rings. The van der Waals surface area contributed by atoms with Crippen LogP contribution in [0.2, 0.25) is 0 Å². The van der Waals surface area contributed by atoms with Gasteiger partial charge in [0.25, 0.3) is 11.1 Å². The molecular weight excluding hydrogens is 346 g/mol. The van der Waals surface area contributed by atoms with Crippen molar-refractivity contribution in [3.63, 3.8) is 0 Å². The second-order valence-corrected chi connectivity index (χ2v) is 7.24. The lowest BCUT2D eigenvalue weighted by Crippen LogP contribution is -2.40. The van der Waals surface area contributed by atoms with Crippen LogP contribution in [0.1, 0.15) is 18.5 Å². The van der Waals surface area contributed by atoms with E-state index in [2.05, 4.69) is 20.1 Å². The van der Waals surface area contributed by atoms with Crippen LogP contribution in [0, 0.1) is 12.8 Å². The molecule has 9 nitrogen and oxygen atoms in total. The zero-order valence-corrected chi connectivity index (χ0v) is 15.8. The monoisotopic (exact) mass is 369 g/mol. The van der Waals surface area contributed by atoms with Gasteiger partial charge in [-0.25, -0.2) is 4.68 Å². The first-order valence-corrected chi connectivity index (χ1v) is 9.12. The van der Waals surface area contributed by atoms with Crippen molar-refractivity contribution in [3.8, 4) is 0 Å². The van der Waals surface area contributed by atoms with Gasteiger partial charge in [0.15, 0.2) is 5.65 Å². The van der Waals surface area contributed by atoms with Crippen molar-refractivity contribution < 1.29 is 0 Å². The molecule has 9 heteroatoms. The maximum Gasteiger partial charge on any atom is 0.266 e. The molecular formula is C18H23N7O2. The van der Waals surface area contributed by atoms with Gasteiger partial charge in [-0.15, -0.1) is 0 Å². The molecule has 1 fully saturated rings. The average Bonchev–Trinajstić information content (AvgIpc) is 3.03. The van der Waals surface area contributed by atoms with Crippen LogP contribution in [-0.4, -0.2) is 42.2 Å². The predicted octanol–water partition coefficient (Wildman–Crippen LogP) is 0.449. The minimum Gasteiger partial charge on any atom is -0.342 e. The molecule has 3 aromatic heterocycles. The molecule has 0 saturated carbocycles. The van der Waals surface area contributed by atoms with Crippen LogP contribution in [0.4, 0.5) is 5.95 Å². The van der Waals surface area contributed by atoms with Crippen LogP contribution in [0.5, 0.6) is 0 Å². The smallest absolute Gasteiger partial charge is 0.266 e. The average molecular weight is 369 g/mol. The molecule has 4 heterocycles. The highest BCUT2D eigenvalue weighted by Crippen LogP contribution is 2.22. The number of rotatable bonds is 3. The Hall–Kier alpha value is -2.97. The molecule has 0 N–H and O–H groups in total. The molecule has 0 unspecified atom stereocenters. The van der Waals surface area contributed by atoms with Gasteiger partial charge >= 0.3 is 0 Å². The van der Waals surface area contributed by atoms with Gasteiger partial charge in [-0.3, -0.25) is 18.8 Å². The van der Waals surface area contributed by atoms with Gasteiger partial charge in [0.1, 0.15) is 5.39 Å². The molecule has 0 radical (unpaired) electrons. The number of aromatic nitrogens is 6. The van der Waals surface area contributed by atoms with E-state index >= 15 is 0 Å². The second-order valence-electron chi connectivity index (χ2n) is 7.24. The summed E-state index contributed by atoms with van der Waals surface area (Å²) in [6.07, 6.45) is 3.53.